The van der Waals surface area contributed by atoms with E-state index in [9.17, 15) is 22.4 Å². The second-order valence-corrected chi connectivity index (χ2v) is 10.7. The zero-order valence-corrected chi connectivity index (χ0v) is 22.2. The molecule has 11 heteroatoms. The Morgan fingerprint density at radius 2 is 1.78 bits per heavy atom. The Bertz CT molecular complexity index is 1190. The van der Waals surface area contributed by atoms with E-state index in [0.29, 0.717) is 35.7 Å². The van der Waals surface area contributed by atoms with Crippen molar-refractivity contribution in [2.75, 3.05) is 30.4 Å². The number of hydrogen-bond donors (Lipinski definition) is 1. The van der Waals surface area contributed by atoms with Gasteiger partial charge in [-0.3, -0.25) is 13.9 Å². The smallest absolute Gasteiger partial charge is 0.242 e. The summed E-state index contributed by atoms with van der Waals surface area (Å²) in [6.45, 7) is 4.53. The number of halogens is 1. The van der Waals surface area contributed by atoms with Crippen molar-refractivity contribution in [1.82, 2.24) is 10.2 Å². The lowest BCUT2D eigenvalue weighted by atomic mass is 10.1. The number of sulfonamides is 1. The maximum absolute atomic E-state index is 13.4. The number of ether oxygens (including phenoxy) is 2. The minimum absolute atomic E-state index is 0.0231. The van der Waals surface area contributed by atoms with Gasteiger partial charge in [0.05, 0.1) is 11.9 Å². The number of amides is 2. The number of benzene rings is 2. The van der Waals surface area contributed by atoms with Gasteiger partial charge in [0.25, 0.3) is 0 Å². The molecule has 1 N–H and O–H groups in total. The minimum Gasteiger partial charge on any atom is -0.454 e. The second-order valence-electron chi connectivity index (χ2n) is 8.84. The van der Waals surface area contributed by atoms with Crippen LogP contribution >= 0.6 is 0 Å². The third-order valence-corrected chi connectivity index (χ3v) is 7.19. The Kier molecular flexibility index (Phi) is 9.73. The molecule has 3 rings (SSSR count). The van der Waals surface area contributed by atoms with Gasteiger partial charge >= 0.3 is 0 Å². The summed E-state index contributed by atoms with van der Waals surface area (Å²) in [5.74, 6) is 0.0611. The maximum atomic E-state index is 13.4. The van der Waals surface area contributed by atoms with Crippen molar-refractivity contribution < 1.29 is 31.9 Å². The van der Waals surface area contributed by atoms with Gasteiger partial charge in [-0.15, -0.1) is 0 Å². The van der Waals surface area contributed by atoms with E-state index < -0.39 is 21.9 Å². The summed E-state index contributed by atoms with van der Waals surface area (Å²) in [5.41, 5.74) is 1.10. The highest BCUT2D eigenvalue weighted by Gasteiger charge is 2.29. The zero-order valence-electron chi connectivity index (χ0n) is 21.4. The fourth-order valence-corrected chi connectivity index (χ4v) is 5.07. The molecule has 9 nitrogen and oxygen atoms in total. The van der Waals surface area contributed by atoms with Crippen LogP contribution in [0.5, 0.6) is 11.5 Å². The largest absolute Gasteiger partial charge is 0.454 e. The lowest BCUT2D eigenvalue weighted by molar-refractivity contribution is -0.141. The summed E-state index contributed by atoms with van der Waals surface area (Å²) >= 11 is 0. The van der Waals surface area contributed by atoms with E-state index in [-0.39, 0.29) is 44.5 Å². The van der Waals surface area contributed by atoms with Crippen molar-refractivity contribution in [1.29, 1.82) is 0 Å². The van der Waals surface area contributed by atoms with Crippen LogP contribution in [0.3, 0.4) is 0 Å². The third kappa shape index (κ3) is 7.58. The molecule has 2 amide bonds. The maximum Gasteiger partial charge on any atom is 0.242 e. The molecule has 1 aliphatic heterocycles. The van der Waals surface area contributed by atoms with Crippen LogP contribution in [0.4, 0.5) is 10.1 Å². The number of hydrogen-bond acceptors (Lipinski definition) is 6. The Labute approximate surface area is 217 Å². The molecular formula is C26H34FN3O6S. The molecule has 0 saturated heterocycles. The first-order valence-electron chi connectivity index (χ1n) is 12.3. The van der Waals surface area contributed by atoms with Crippen LogP contribution in [0.25, 0.3) is 0 Å². The average molecular weight is 536 g/mol. The molecule has 0 bridgehead atoms. The molecule has 1 aliphatic rings. The number of rotatable bonds is 13. The van der Waals surface area contributed by atoms with Gasteiger partial charge in [-0.25, -0.2) is 12.8 Å². The lowest BCUT2D eigenvalue weighted by Crippen LogP contribution is -2.49. The molecule has 2 aromatic carbocycles. The fraction of sp³-hybridized carbons (Fsp3) is 0.462. The molecule has 0 saturated carbocycles. The number of nitrogens with zero attached hydrogens (tertiary/aromatic N) is 2. The second kappa shape index (κ2) is 12.8. The standard InChI is InChI=1S/C26H34FN3O6S/c1-4-14-28-26(32)22(5-2)29(17-19-8-10-20(27)11-9-19)25(31)7-6-15-30(37(3,33)34)21-12-13-23-24(16-21)36-18-35-23/h8-13,16,22H,4-7,14-15,17-18H2,1-3H3,(H,28,32)/t22-/m0/s1. The average Bonchev–Trinajstić information content (AvgIpc) is 3.33. The SMILES string of the molecule is CCCNC(=O)[C@H](CC)N(Cc1ccc(F)cc1)C(=O)CCCN(c1ccc2c(c1)OCO2)S(C)(=O)=O. The molecular weight excluding hydrogens is 501 g/mol. The molecule has 0 fully saturated rings. The molecule has 2 aromatic rings. The van der Waals surface area contributed by atoms with Crippen LogP contribution in [0.15, 0.2) is 42.5 Å². The first-order valence-corrected chi connectivity index (χ1v) is 14.2. The Morgan fingerprint density at radius 3 is 2.43 bits per heavy atom. The van der Waals surface area contributed by atoms with E-state index in [1.54, 1.807) is 30.3 Å². The van der Waals surface area contributed by atoms with E-state index in [0.717, 1.165) is 12.7 Å². The van der Waals surface area contributed by atoms with Gasteiger partial charge in [-0.05, 0) is 49.1 Å². The predicted molar refractivity (Wildman–Crippen MR) is 138 cm³/mol. The van der Waals surface area contributed by atoms with Crippen molar-refractivity contribution in [3.8, 4) is 11.5 Å². The van der Waals surface area contributed by atoms with Crippen molar-refractivity contribution in [3.05, 3.63) is 53.8 Å². The summed E-state index contributed by atoms with van der Waals surface area (Å²) in [7, 11) is -3.64. The molecule has 202 valence electrons. The Morgan fingerprint density at radius 1 is 1.08 bits per heavy atom. The van der Waals surface area contributed by atoms with E-state index in [4.69, 9.17) is 9.47 Å². The first kappa shape index (κ1) is 28.2. The third-order valence-electron chi connectivity index (χ3n) is 6.00. The summed E-state index contributed by atoms with van der Waals surface area (Å²) in [4.78, 5) is 27.7. The topological polar surface area (TPSA) is 105 Å². The Balaban J connectivity index is 1.74. The molecule has 0 aliphatic carbocycles. The van der Waals surface area contributed by atoms with Gasteiger partial charge in [-0.2, -0.15) is 0 Å². The van der Waals surface area contributed by atoms with Gasteiger partial charge in [0.15, 0.2) is 11.5 Å². The minimum atomic E-state index is -3.64. The van der Waals surface area contributed by atoms with E-state index in [1.807, 2.05) is 13.8 Å². The summed E-state index contributed by atoms with van der Waals surface area (Å²) < 4.78 is 50.4. The molecule has 37 heavy (non-hydrogen) atoms. The molecule has 0 unspecified atom stereocenters. The van der Waals surface area contributed by atoms with Crippen molar-refractivity contribution >= 4 is 27.5 Å². The van der Waals surface area contributed by atoms with Gasteiger partial charge in [-0.1, -0.05) is 26.0 Å². The van der Waals surface area contributed by atoms with Gasteiger partial charge in [0, 0.05) is 32.1 Å². The van der Waals surface area contributed by atoms with Gasteiger partial charge in [0.1, 0.15) is 11.9 Å². The number of nitrogens with one attached hydrogen (secondary N) is 1. The number of carbonyl (C=O) groups is 2. The molecule has 0 spiro atoms. The highest BCUT2D eigenvalue weighted by Crippen LogP contribution is 2.36. The highest BCUT2D eigenvalue weighted by atomic mass is 32.2. The van der Waals surface area contributed by atoms with Crippen LogP contribution < -0.4 is 19.1 Å². The van der Waals surface area contributed by atoms with Crippen molar-refractivity contribution in [3.63, 3.8) is 0 Å². The number of anilines is 1. The number of carbonyl (C=O) groups excluding carboxylic acids is 2. The normalized spacial score (nSPS) is 13.2. The molecule has 0 aromatic heterocycles. The van der Waals surface area contributed by atoms with Crippen molar-refractivity contribution in [2.45, 2.75) is 52.1 Å². The van der Waals surface area contributed by atoms with E-state index in [1.165, 1.54) is 21.3 Å². The fourth-order valence-electron chi connectivity index (χ4n) is 4.12. The van der Waals surface area contributed by atoms with Gasteiger partial charge < -0.3 is 19.7 Å². The van der Waals surface area contributed by atoms with Crippen LogP contribution in [-0.4, -0.2) is 57.3 Å². The summed E-state index contributed by atoms with van der Waals surface area (Å²) in [6, 6.07) is 9.95. The van der Waals surface area contributed by atoms with E-state index >= 15 is 0 Å². The number of fused-ring (bicyclic) bond motifs is 1. The zero-order chi connectivity index (χ0) is 27.0. The van der Waals surface area contributed by atoms with Crippen LogP contribution in [0.1, 0.15) is 45.1 Å². The first-order chi connectivity index (χ1) is 17.6. The van der Waals surface area contributed by atoms with Crippen molar-refractivity contribution in [2.24, 2.45) is 0 Å². The van der Waals surface area contributed by atoms with Gasteiger partial charge in [0.2, 0.25) is 28.6 Å². The summed E-state index contributed by atoms with van der Waals surface area (Å²) in [5, 5.41) is 2.85. The predicted octanol–water partition coefficient (Wildman–Crippen LogP) is 3.43. The van der Waals surface area contributed by atoms with Crippen LogP contribution in [-0.2, 0) is 26.2 Å². The Hall–Kier alpha value is -3.34. The van der Waals surface area contributed by atoms with Crippen LogP contribution in [0.2, 0.25) is 0 Å². The summed E-state index contributed by atoms with van der Waals surface area (Å²) in [6.07, 6.45) is 2.51. The lowest BCUT2D eigenvalue weighted by Gasteiger charge is -2.31. The molecule has 1 atom stereocenters. The monoisotopic (exact) mass is 535 g/mol. The molecule has 0 radical (unpaired) electrons. The van der Waals surface area contributed by atoms with Crippen LogP contribution in [0, 0.1) is 5.82 Å². The van der Waals surface area contributed by atoms with E-state index in [2.05, 4.69) is 5.32 Å². The quantitative estimate of drug-likeness (QED) is 0.421. The molecule has 1 heterocycles. The highest BCUT2D eigenvalue weighted by molar-refractivity contribution is 7.92.